The van der Waals surface area contributed by atoms with E-state index in [9.17, 15) is 4.39 Å². The van der Waals surface area contributed by atoms with Crippen molar-refractivity contribution in [2.75, 3.05) is 52.2 Å². The third-order valence-electron chi connectivity index (χ3n) is 4.82. The molecule has 1 aliphatic heterocycles. The topological polar surface area (TPSA) is 42.9 Å². The summed E-state index contributed by atoms with van der Waals surface area (Å²) in [5.41, 5.74) is 1.50. The maximum absolute atomic E-state index is 14.0. The number of nitrogens with zero attached hydrogens (tertiary/aromatic N) is 3. The van der Waals surface area contributed by atoms with Crippen LogP contribution >= 0.6 is 0 Å². The van der Waals surface area contributed by atoms with Crippen LogP contribution in [0.2, 0.25) is 0 Å². The van der Waals surface area contributed by atoms with Crippen LogP contribution < -0.4 is 15.5 Å². The minimum atomic E-state index is -0.199. The van der Waals surface area contributed by atoms with E-state index in [4.69, 9.17) is 0 Å². The molecule has 2 rings (SSSR count). The SMILES string of the molecule is CN=C(NCCCN1CCCCCC1)NCc1ccc(N(C)C)c(F)c1. The number of benzene rings is 1. The van der Waals surface area contributed by atoms with Gasteiger partial charge in [-0.3, -0.25) is 4.99 Å². The molecule has 1 fully saturated rings. The molecule has 0 aliphatic carbocycles. The molecule has 0 amide bonds. The van der Waals surface area contributed by atoms with Crippen molar-refractivity contribution in [3.8, 4) is 0 Å². The summed E-state index contributed by atoms with van der Waals surface area (Å²) in [5, 5.41) is 6.60. The molecule has 1 aliphatic rings. The fourth-order valence-electron chi connectivity index (χ4n) is 3.30. The molecule has 1 aromatic rings. The second-order valence-electron chi connectivity index (χ2n) is 7.14. The molecule has 2 N–H and O–H groups in total. The first-order valence-corrected chi connectivity index (χ1v) is 9.73. The van der Waals surface area contributed by atoms with E-state index in [2.05, 4.69) is 20.5 Å². The molecule has 0 radical (unpaired) electrons. The summed E-state index contributed by atoms with van der Waals surface area (Å²) >= 11 is 0. The van der Waals surface area contributed by atoms with Crippen LogP contribution in [-0.2, 0) is 6.54 Å². The standard InChI is InChI=1S/C20H34FN5/c1-22-20(23-11-8-14-26-12-6-4-5-7-13-26)24-16-17-9-10-19(25(2)3)18(21)15-17/h9-10,15H,4-8,11-14,16H2,1-3H3,(H2,22,23,24). The highest BCUT2D eigenvalue weighted by Gasteiger charge is 2.09. The van der Waals surface area contributed by atoms with Crippen LogP contribution in [0.3, 0.4) is 0 Å². The van der Waals surface area contributed by atoms with Crippen molar-refractivity contribution < 1.29 is 4.39 Å². The summed E-state index contributed by atoms with van der Waals surface area (Å²) in [6, 6.07) is 5.33. The quantitative estimate of drug-likeness (QED) is 0.444. The third-order valence-corrected chi connectivity index (χ3v) is 4.82. The van der Waals surface area contributed by atoms with Crippen molar-refractivity contribution in [3.05, 3.63) is 29.6 Å². The lowest BCUT2D eigenvalue weighted by Gasteiger charge is -2.20. The highest BCUT2D eigenvalue weighted by atomic mass is 19.1. The molecule has 0 bridgehead atoms. The Balaban J connectivity index is 1.69. The van der Waals surface area contributed by atoms with Gasteiger partial charge in [0.05, 0.1) is 5.69 Å². The summed E-state index contributed by atoms with van der Waals surface area (Å²) in [4.78, 5) is 8.59. The first-order valence-electron chi connectivity index (χ1n) is 9.73. The molecule has 1 heterocycles. The predicted molar refractivity (Wildman–Crippen MR) is 108 cm³/mol. The number of nitrogens with one attached hydrogen (secondary N) is 2. The van der Waals surface area contributed by atoms with E-state index >= 15 is 0 Å². The first kappa shape index (κ1) is 20.5. The number of aliphatic imine (C=N–C) groups is 1. The predicted octanol–water partition coefficient (Wildman–Crippen LogP) is 2.82. The number of likely N-dealkylation sites (tertiary alicyclic amines) is 1. The fourth-order valence-corrected chi connectivity index (χ4v) is 3.30. The number of hydrogen-bond acceptors (Lipinski definition) is 3. The maximum atomic E-state index is 14.0. The molecular formula is C20H34FN5. The number of hydrogen-bond donors (Lipinski definition) is 2. The molecule has 0 unspecified atom stereocenters. The van der Waals surface area contributed by atoms with E-state index in [-0.39, 0.29) is 5.82 Å². The van der Waals surface area contributed by atoms with Crippen molar-refractivity contribution in [2.24, 2.45) is 4.99 Å². The van der Waals surface area contributed by atoms with Crippen LogP contribution in [-0.4, -0.2) is 58.2 Å². The van der Waals surface area contributed by atoms with Crippen molar-refractivity contribution >= 4 is 11.6 Å². The van der Waals surface area contributed by atoms with E-state index in [1.165, 1.54) is 38.8 Å². The van der Waals surface area contributed by atoms with Gasteiger partial charge in [-0.05, 0) is 56.6 Å². The summed E-state index contributed by atoms with van der Waals surface area (Å²) in [7, 11) is 5.45. The zero-order chi connectivity index (χ0) is 18.8. The average molecular weight is 364 g/mol. The van der Waals surface area contributed by atoms with Gasteiger partial charge in [-0.2, -0.15) is 0 Å². The Morgan fingerprint density at radius 3 is 2.50 bits per heavy atom. The summed E-state index contributed by atoms with van der Waals surface area (Å²) in [6.45, 7) is 5.06. The minimum Gasteiger partial charge on any atom is -0.375 e. The first-order chi connectivity index (χ1) is 12.6. The maximum Gasteiger partial charge on any atom is 0.191 e. The van der Waals surface area contributed by atoms with Crippen LogP contribution in [0.1, 0.15) is 37.7 Å². The summed E-state index contributed by atoms with van der Waals surface area (Å²) in [5.74, 6) is 0.563. The average Bonchev–Trinajstić information content (AvgIpc) is 2.89. The number of rotatable bonds is 7. The molecule has 0 atom stereocenters. The lowest BCUT2D eigenvalue weighted by molar-refractivity contribution is 0.282. The lowest BCUT2D eigenvalue weighted by Crippen LogP contribution is -2.38. The Morgan fingerprint density at radius 1 is 1.15 bits per heavy atom. The number of anilines is 1. The van der Waals surface area contributed by atoms with Crippen molar-refractivity contribution in [1.82, 2.24) is 15.5 Å². The van der Waals surface area contributed by atoms with Gasteiger partial charge in [0.25, 0.3) is 0 Å². The largest absolute Gasteiger partial charge is 0.375 e. The van der Waals surface area contributed by atoms with Gasteiger partial charge in [-0.25, -0.2) is 4.39 Å². The summed E-state index contributed by atoms with van der Waals surface area (Å²) < 4.78 is 14.0. The Morgan fingerprint density at radius 2 is 1.88 bits per heavy atom. The van der Waals surface area contributed by atoms with Crippen LogP contribution in [0, 0.1) is 5.82 Å². The minimum absolute atomic E-state index is 0.199. The smallest absolute Gasteiger partial charge is 0.191 e. The third kappa shape index (κ3) is 6.83. The number of halogens is 1. The van der Waals surface area contributed by atoms with Gasteiger partial charge >= 0.3 is 0 Å². The fraction of sp³-hybridized carbons (Fsp3) is 0.650. The van der Waals surface area contributed by atoms with Crippen LogP contribution in [0.15, 0.2) is 23.2 Å². The molecule has 146 valence electrons. The number of guanidine groups is 1. The van der Waals surface area contributed by atoms with Crippen LogP contribution in [0.25, 0.3) is 0 Å². The normalized spacial score (nSPS) is 16.2. The Hall–Kier alpha value is -1.82. The van der Waals surface area contributed by atoms with Crippen molar-refractivity contribution in [3.63, 3.8) is 0 Å². The van der Waals surface area contributed by atoms with Crippen LogP contribution in [0.4, 0.5) is 10.1 Å². The molecule has 6 heteroatoms. The van der Waals surface area contributed by atoms with E-state index in [0.717, 1.165) is 31.0 Å². The van der Waals surface area contributed by atoms with E-state index in [1.807, 2.05) is 26.2 Å². The van der Waals surface area contributed by atoms with Crippen molar-refractivity contribution in [2.45, 2.75) is 38.6 Å². The Kier molecular flexibility index (Phi) is 8.68. The zero-order valence-corrected chi connectivity index (χ0v) is 16.5. The molecule has 0 saturated carbocycles. The van der Waals surface area contributed by atoms with Gasteiger partial charge in [-0.1, -0.05) is 18.9 Å². The van der Waals surface area contributed by atoms with Gasteiger partial charge in [0.1, 0.15) is 5.82 Å². The second-order valence-corrected chi connectivity index (χ2v) is 7.14. The Labute approximate surface area is 157 Å². The molecule has 26 heavy (non-hydrogen) atoms. The zero-order valence-electron chi connectivity index (χ0n) is 16.5. The molecule has 1 saturated heterocycles. The van der Waals surface area contributed by atoms with Crippen molar-refractivity contribution in [1.29, 1.82) is 0 Å². The van der Waals surface area contributed by atoms with E-state index in [0.29, 0.717) is 12.2 Å². The van der Waals surface area contributed by atoms with Gasteiger partial charge in [-0.15, -0.1) is 0 Å². The molecule has 0 spiro atoms. The van der Waals surface area contributed by atoms with Crippen LogP contribution in [0.5, 0.6) is 0 Å². The molecule has 1 aromatic carbocycles. The van der Waals surface area contributed by atoms with Gasteiger partial charge in [0.2, 0.25) is 0 Å². The van der Waals surface area contributed by atoms with E-state index < -0.39 is 0 Å². The highest BCUT2D eigenvalue weighted by molar-refractivity contribution is 5.79. The van der Waals surface area contributed by atoms with Gasteiger partial charge < -0.3 is 20.4 Å². The van der Waals surface area contributed by atoms with Gasteiger partial charge in [0, 0.05) is 34.2 Å². The monoisotopic (exact) mass is 363 g/mol. The lowest BCUT2D eigenvalue weighted by atomic mass is 10.2. The van der Waals surface area contributed by atoms with E-state index in [1.54, 1.807) is 18.0 Å². The second kappa shape index (κ2) is 11.0. The summed E-state index contributed by atoms with van der Waals surface area (Å²) in [6.07, 6.45) is 6.52. The molecular weight excluding hydrogens is 329 g/mol. The molecule has 0 aromatic heterocycles. The molecule has 5 nitrogen and oxygen atoms in total. The Bertz CT molecular complexity index is 565. The van der Waals surface area contributed by atoms with Gasteiger partial charge in [0.15, 0.2) is 5.96 Å². The highest BCUT2D eigenvalue weighted by Crippen LogP contribution is 2.18.